The van der Waals surface area contributed by atoms with Crippen LogP contribution in [0.1, 0.15) is 65.1 Å². The van der Waals surface area contributed by atoms with E-state index in [1.54, 1.807) is 12.1 Å². The van der Waals surface area contributed by atoms with Crippen molar-refractivity contribution < 1.29 is 14.7 Å². The van der Waals surface area contributed by atoms with E-state index >= 15 is 0 Å². The lowest BCUT2D eigenvalue weighted by molar-refractivity contribution is -0.139. The van der Waals surface area contributed by atoms with Crippen molar-refractivity contribution in [2.45, 2.75) is 38.0 Å². The van der Waals surface area contributed by atoms with Gasteiger partial charge in [0.15, 0.2) is 5.78 Å². The van der Waals surface area contributed by atoms with Gasteiger partial charge in [-0.1, -0.05) is 98.8 Å². The molecule has 3 aromatic carbocycles. The van der Waals surface area contributed by atoms with Gasteiger partial charge in [-0.15, -0.1) is 0 Å². The molecule has 0 saturated carbocycles. The number of carboxylic acids is 1. The van der Waals surface area contributed by atoms with E-state index in [0.717, 1.165) is 5.56 Å². The van der Waals surface area contributed by atoms with E-state index < -0.39 is 17.8 Å². The maximum Gasteiger partial charge on any atom is 0.311 e. The highest BCUT2D eigenvalue weighted by molar-refractivity contribution is 5.97. The van der Waals surface area contributed by atoms with Gasteiger partial charge in [0.25, 0.3) is 0 Å². The molecule has 0 aliphatic heterocycles. The molecule has 0 bridgehead atoms. The Kier molecular flexibility index (Phi) is 6.61. The van der Waals surface area contributed by atoms with Crippen LogP contribution in [0.4, 0.5) is 0 Å². The molecule has 2 atom stereocenters. The zero-order chi connectivity index (χ0) is 20.8. The minimum atomic E-state index is -0.921. The molecule has 0 heterocycles. The van der Waals surface area contributed by atoms with Crippen molar-refractivity contribution >= 4 is 11.8 Å². The summed E-state index contributed by atoms with van der Waals surface area (Å²) < 4.78 is 0. The summed E-state index contributed by atoms with van der Waals surface area (Å²) in [6.07, 6.45) is 0.136. The SMILES string of the molecule is CC(C)c1ccc([C@@H](CC(=O)c2ccccc2)[C@H](C(=O)O)c2ccccc2)cc1. The molecule has 1 N–H and O–H groups in total. The molecule has 3 aromatic rings. The van der Waals surface area contributed by atoms with E-state index in [0.29, 0.717) is 17.0 Å². The number of aliphatic carboxylic acids is 1. The van der Waals surface area contributed by atoms with Crippen molar-refractivity contribution in [3.8, 4) is 0 Å². The number of carbonyl (C=O) groups is 2. The fourth-order valence-corrected chi connectivity index (χ4v) is 3.71. The quantitative estimate of drug-likeness (QED) is 0.481. The second-order valence-electron chi connectivity index (χ2n) is 7.65. The zero-order valence-electron chi connectivity index (χ0n) is 16.8. The standard InChI is InChI=1S/C26H26O3/c1-18(2)19-13-15-20(16-14-19)23(17-24(27)21-9-5-3-6-10-21)25(26(28)29)22-11-7-4-8-12-22/h3-16,18,23,25H,17H2,1-2H3,(H,28,29)/t23-,25-/m1/s1. The maximum atomic E-state index is 13.0. The largest absolute Gasteiger partial charge is 0.481 e. The first-order valence-corrected chi connectivity index (χ1v) is 9.93. The molecular formula is C26H26O3. The lowest BCUT2D eigenvalue weighted by Crippen LogP contribution is -2.23. The number of benzene rings is 3. The lowest BCUT2D eigenvalue weighted by Gasteiger charge is -2.25. The Hall–Kier alpha value is -3.20. The van der Waals surface area contributed by atoms with Crippen LogP contribution >= 0.6 is 0 Å². The molecule has 29 heavy (non-hydrogen) atoms. The lowest BCUT2D eigenvalue weighted by atomic mass is 9.77. The van der Waals surface area contributed by atoms with Crippen molar-refractivity contribution in [3.63, 3.8) is 0 Å². The van der Waals surface area contributed by atoms with Crippen LogP contribution in [0.2, 0.25) is 0 Å². The first kappa shape index (κ1) is 20.5. The second-order valence-corrected chi connectivity index (χ2v) is 7.65. The molecule has 0 aliphatic rings. The van der Waals surface area contributed by atoms with E-state index in [9.17, 15) is 14.7 Å². The average molecular weight is 386 g/mol. The molecule has 0 saturated heterocycles. The molecule has 0 spiro atoms. The molecular weight excluding hydrogens is 360 g/mol. The highest BCUT2D eigenvalue weighted by Gasteiger charge is 2.33. The summed E-state index contributed by atoms with van der Waals surface area (Å²) in [6, 6.07) is 26.3. The molecule has 0 fully saturated rings. The Labute approximate surface area is 172 Å². The van der Waals surface area contributed by atoms with Gasteiger partial charge in [0.2, 0.25) is 0 Å². The van der Waals surface area contributed by atoms with E-state index in [2.05, 4.69) is 13.8 Å². The third kappa shape index (κ3) is 5.00. The van der Waals surface area contributed by atoms with Gasteiger partial charge in [-0.3, -0.25) is 9.59 Å². The van der Waals surface area contributed by atoms with E-state index in [1.165, 1.54) is 5.56 Å². The van der Waals surface area contributed by atoms with Crippen LogP contribution < -0.4 is 0 Å². The van der Waals surface area contributed by atoms with Crippen molar-refractivity contribution in [1.82, 2.24) is 0 Å². The van der Waals surface area contributed by atoms with Crippen LogP contribution in [0.25, 0.3) is 0 Å². The molecule has 3 nitrogen and oxygen atoms in total. The third-order valence-corrected chi connectivity index (χ3v) is 5.36. The summed E-state index contributed by atoms with van der Waals surface area (Å²) in [4.78, 5) is 25.3. The van der Waals surface area contributed by atoms with Gasteiger partial charge in [-0.2, -0.15) is 0 Å². The molecule has 3 heteroatoms. The van der Waals surface area contributed by atoms with Gasteiger partial charge in [-0.25, -0.2) is 0 Å². The Morgan fingerprint density at radius 3 is 1.76 bits per heavy atom. The first-order valence-electron chi connectivity index (χ1n) is 9.93. The number of ketones is 1. The van der Waals surface area contributed by atoms with Crippen LogP contribution in [0, 0.1) is 0 Å². The third-order valence-electron chi connectivity index (χ3n) is 5.36. The number of carbonyl (C=O) groups excluding carboxylic acids is 1. The van der Waals surface area contributed by atoms with Crippen LogP contribution in [-0.4, -0.2) is 16.9 Å². The van der Waals surface area contributed by atoms with Crippen molar-refractivity contribution in [3.05, 3.63) is 107 Å². The average Bonchev–Trinajstić information content (AvgIpc) is 2.74. The minimum absolute atomic E-state index is 0.0503. The molecule has 0 radical (unpaired) electrons. The highest BCUT2D eigenvalue weighted by atomic mass is 16.4. The Morgan fingerprint density at radius 1 is 0.724 bits per heavy atom. The summed E-state index contributed by atoms with van der Waals surface area (Å²) in [6.45, 7) is 4.24. The summed E-state index contributed by atoms with van der Waals surface area (Å²) in [5.74, 6) is -1.84. The van der Waals surface area contributed by atoms with Crippen LogP contribution in [0.5, 0.6) is 0 Å². The van der Waals surface area contributed by atoms with Gasteiger partial charge >= 0.3 is 5.97 Å². The summed E-state index contributed by atoms with van der Waals surface area (Å²) in [7, 11) is 0. The monoisotopic (exact) mass is 386 g/mol. The van der Waals surface area contributed by atoms with Crippen molar-refractivity contribution in [2.24, 2.45) is 0 Å². The Morgan fingerprint density at radius 2 is 1.24 bits per heavy atom. The molecule has 148 valence electrons. The second kappa shape index (κ2) is 9.33. The Bertz CT molecular complexity index is 944. The molecule has 0 aliphatic carbocycles. The number of rotatable bonds is 8. The van der Waals surface area contributed by atoms with Gasteiger partial charge in [0, 0.05) is 17.9 Å². The highest BCUT2D eigenvalue weighted by Crippen LogP contribution is 2.37. The molecule has 0 unspecified atom stereocenters. The van der Waals surface area contributed by atoms with E-state index in [1.807, 2.05) is 72.8 Å². The number of Topliss-reactive ketones (excluding diaryl/α,β-unsaturated/α-hetero) is 1. The van der Waals surface area contributed by atoms with Gasteiger partial charge in [-0.05, 0) is 22.6 Å². The number of hydrogen-bond acceptors (Lipinski definition) is 2. The fourth-order valence-electron chi connectivity index (χ4n) is 3.71. The summed E-state index contributed by atoms with van der Waals surface area (Å²) in [5, 5.41) is 10.1. The Balaban J connectivity index is 2.02. The molecule has 0 amide bonds. The summed E-state index contributed by atoms with van der Waals surface area (Å²) >= 11 is 0. The van der Waals surface area contributed by atoms with Crippen LogP contribution in [0.15, 0.2) is 84.9 Å². The number of hydrogen-bond donors (Lipinski definition) is 1. The number of carboxylic acid groups (broad SMARTS) is 1. The first-order chi connectivity index (χ1) is 14.0. The molecule has 3 rings (SSSR count). The normalized spacial score (nSPS) is 13.1. The molecule has 0 aromatic heterocycles. The topological polar surface area (TPSA) is 54.4 Å². The van der Waals surface area contributed by atoms with Crippen LogP contribution in [-0.2, 0) is 4.79 Å². The predicted octanol–water partition coefficient (Wildman–Crippen LogP) is 6.04. The van der Waals surface area contributed by atoms with Crippen molar-refractivity contribution in [1.29, 1.82) is 0 Å². The van der Waals surface area contributed by atoms with Crippen LogP contribution in [0.3, 0.4) is 0 Å². The summed E-state index contributed by atoms with van der Waals surface area (Å²) in [5.41, 5.74) is 3.37. The van der Waals surface area contributed by atoms with Gasteiger partial charge in [0.05, 0.1) is 5.92 Å². The zero-order valence-corrected chi connectivity index (χ0v) is 16.8. The van der Waals surface area contributed by atoms with Crippen molar-refractivity contribution in [2.75, 3.05) is 0 Å². The van der Waals surface area contributed by atoms with E-state index in [4.69, 9.17) is 0 Å². The minimum Gasteiger partial charge on any atom is -0.481 e. The predicted molar refractivity (Wildman–Crippen MR) is 115 cm³/mol. The smallest absolute Gasteiger partial charge is 0.311 e. The fraction of sp³-hybridized carbons (Fsp3) is 0.231. The van der Waals surface area contributed by atoms with E-state index in [-0.39, 0.29) is 12.2 Å². The van der Waals surface area contributed by atoms with Gasteiger partial charge < -0.3 is 5.11 Å². The maximum absolute atomic E-state index is 13.0. The van der Waals surface area contributed by atoms with Gasteiger partial charge in [0.1, 0.15) is 0 Å².